The van der Waals surface area contributed by atoms with Gasteiger partial charge in [0.15, 0.2) is 5.82 Å². The van der Waals surface area contributed by atoms with Crippen molar-refractivity contribution in [2.75, 3.05) is 41.4 Å². The summed E-state index contributed by atoms with van der Waals surface area (Å²) < 4.78 is 0. The number of carbonyl (C=O) groups excluding carboxylic acids is 1. The van der Waals surface area contributed by atoms with E-state index in [1.165, 1.54) is 0 Å². The summed E-state index contributed by atoms with van der Waals surface area (Å²) in [5.41, 5.74) is 4.45. The molecule has 1 N–H and O–H groups in total. The van der Waals surface area contributed by atoms with Crippen LogP contribution in [0.4, 0.5) is 22.9 Å². The maximum Gasteiger partial charge on any atom is 0.260 e. The number of aliphatic hydroxyl groups excluding tert-OH is 1. The maximum absolute atomic E-state index is 13.2. The second kappa shape index (κ2) is 8.61. The molecule has 0 spiro atoms. The van der Waals surface area contributed by atoms with E-state index in [0.717, 1.165) is 66.8 Å². The van der Waals surface area contributed by atoms with Crippen LogP contribution in [0, 0.1) is 0 Å². The van der Waals surface area contributed by atoms with E-state index in [4.69, 9.17) is 15.0 Å². The number of fused-ring (bicyclic) bond motifs is 2. The summed E-state index contributed by atoms with van der Waals surface area (Å²) >= 11 is 0. The van der Waals surface area contributed by atoms with Crippen LogP contribution in [0.25, 0.3) is 0 Å². The van der Waals surface area contributed by atoms with Gasteiger partial charge in [0.25, 0.3) is 5.91 Å². The number of amides is 1. The van der Waals surface area contributed by atoms with Crippen LogP contribution in [0.15, 0.2) is 48.8 Å². The van der Waals surface area contributed by atoms with Gasteiger partial charge in [-0.05, 0) is 50.5 Å². The molecule has 2 aliphatic heterocycles. The summed E-state index contributed by atoms with van der Waals surface area (Å²) in [4.78, 5) is 33.7. The molecular weight excluding hydrogens is 440 g/mol. The van der Waals surface area contributed by atoms with Gasteiger partial charge in [-0.15, -0.1) is 0 Å². The summed E-state index contributed by atoms with van der Waals surface area (Å²) in [5.74, 6) is 2.07. The van der Waals surface area contributed by atoms with Crippen LogP contribution in [-0.2, 0) is 0 Å². The topological polar surface area (TPSA) is 85.7 Å². The van der Waals surface area contributed by atoms with E-state index in [2.05, 4.69) is 17.0 Å². The first kappa shape index (κ1) is 22.0. The summed E-state index contributed by atoms with van der Waals surface area (Å²) in [6.45, 7) is 4.26. The fourth-order valence-corrected chi connectivity index (χ4v) is 5.36. The van der Waals surface area contributed by atoms with Gasteiger partial charge in [0.2, 0.25) is 0 Å². The van der Waals surface area contributed by atoms with Gasteiger partial charge < -0.3 is 19.8 Å². The molecule has 8 heteroatoms. The van der Waals surface area contributed by atoms with E-state index in [1.54, 1.807) is 11.1 Å². The highest BCUT2D eigenvalue weighted by molar-refractivity contribution is 6.13. The SMILES string of the molecule is CCN1C(=O)c2ccccc2N(C)c2nc(C3CC3c3ccc(N4CCC(O)CC4)cn3)ncc21. The lowest BCUT2D eigenvalue weighted by atomic mass is 10.1. The molecule has 8 nitrogen and oxygen atoms in total. The van der Waals surface area contributed by atoms with Crippen LogP contribution in [0.3, 0.4) is 0 Å². The number of carbonyl (C=O) groups is 1. The average molecular weight is 471 g/mol. The number of hydrogen-bond donors (Lipinski definition) is 1. The highest BCUT2D eigenvalue weighted by Crippen LogP contribution is 2.53. The van der Waals surface area contributed by atoms with Crippen molar-refractivity contribution >= 4 is 28.8 Å². The van der Waals surface area contributed by atoms with E-state index in [9.17, 15) is 9.90 Å². The van der Waals surface area contributed by atoms with Crippen molar-refractivity contribution in [3.05, 3.63) is 65.9 Å². The highest BCUT2D eigenvalue weighted by atomic mass is 16.3. The smallest absolute Gasteiger partial charge is 0.260 e. The first-order valence-electron chi connectivity index (χ1n) is 12.5. The number of aliphatic hydroxyl groups is 1. The van der Waals surface area contributed by atoms with Gasteiger partial charge in [0, 0.05) is 44.2 Å². The molecule has 4 heterocycles. The summed E-state index contributed by atoms with van der Waals surface area (Å²) in [7, 11) is 1.96. The van der Waals surface area contributed by atoms with Crippen LogP contribution in [0.1, 0.15) is 59.9 Å². The average Bonchev–Trinajstić information content (AvgIpc) is 3.71. The molecule has 1 amide bonds. The molecule has 2 unspecified atom stereocenters. The number of anilines is 4. The number of hydrogen-bond acceptors (Lipinski definition) is 7. The Morgan fingerprint density at radius 2 is 1.80 bits per heavy atom. The van der Waals surface area contributed by atoms with Crippen molar-refractivity contribution in [1.82, 2.24) is 15.0 Å². The Bertz CT molecular complexity index is 1250. The molecule has 1 saturated heterocycles. The molecule has 0 bridgehead atoms. The van der Waals surface area contributed by atoms with E-state index in [0.29, 0.717) is 18.0 Å². The molecule has 3 aromatic rings. The normalized spacial score (nSPS) is 22.0. The molecule has 1 aromatic carbocycles. The minimum Gasteiger partial charge on any atom is -0.393 e. The fourth-order valence-electron chi connectivity index (χ4n) is 5.36. The van der Waals surface area contributed by atoms with Gasteiger partial charge in [-0.1, -0.05) is 12.1 Å². The second-order valence-electron chi connectivity index (χ2n) is 9.67. The standard InChI is InChI=1S/C27H30N6O2/c1-3-33-24-16-29-25(30-26(24)31(2)23-7-5-4-6-19(23)27(33)35)21-14-20(21)22-9-8-17(15-28-22)32-12-10-18(34)11-13-32/h4-9,15-16,18,20-21,34H,3,10-14H2,1-2H3. The Kier molecular flexibility index (Phi) is 5.40. The molecule has 1 aliphatic carbocycles. The van der Waals surface area contributed by atoms with Crippen molar-refractivity contribution in [1.29, 1.82) is 0 Å². The third kappa shape index (κ3) is 3.82. The van der Waals surface area contributed by atoms with Crippen LogP contribution in [0.2, 0.25) is 0 Å². The molecule has 2 fully saturated rings. The lowest BCUT2D eigenvalue weighted by molar-refractivity contribution is 0.0989. The van der Waals surface area contributed by atoms with Crippen molar-refractivity contribution in [2.24, 2.45) is 0 Å². The molecule has 0 radical (unpaired) electrons. The van der Waals surface area contributed by atoms with Crippen LogP contribution < -0.4 is 14.7 Å². The number of benzene rings is 1. The number of para-hydroxylation sites is 1. The molecule has 6 rings (SSSR count). The first-order valence-corrected chi connectivity index (χ1v) is 12.5. The predicted octanol–water partition coefficient (Wildman–Crippen LogP) is 3.85. The lowest BCUT2D eigenvalue weighted by Gasteiger charge is -2.31. The van der Waals surface area contributed by atoms with Gasteiger partial charge in [-0.25, -0.2) is 9.97 Å². The summed E-state index contributed by atoms with van der Waals surface area (Å²) in [6, 6.07) is 11.9. The van der Waals surface area contributed by atoms with Crippen molar-refractivity contribution in [2.45, 2.75) is 44.1 Å². The quantitative estimate of drug-likeness (QED) is 0.620. The maximum atomic E-state index is 13.2. The van der Waals surface area contributed by atoms with Gasteiger partial charge in [0.05, 0.1) is 35.4 Å². The minimum atomic E-state index is -0.179. The molecule has 3 aliphatic rings. The van der Waals surface area contributed by atoms with Crippen molar-refractivity contribution in [3.8, 4) is 0 Å². The van der Waals surface area contributed by atoms with Crippen LogP contribution in [0.5, 0.6) is 0 Å². The van der Waals surface area contributed by atoms with Gasteiger partial charge in [-0.2, -0.15) is 0 Å². The Morgan fingerprint density at radius 3 is 2.54 bits per heavy atom. The van der Waals surface area contributed by atoms with Crippen molar-refractivity contribution < 1.29 is 9.90 Å². The Balaban J connectivity index is 1.25. The monoisotopic (exact) mass is 470 g/mol. The van der Waals surface area contributed by atoms with Crippen LogP contribution >= 0.6 is 0 Å². The number of aromatic nitrogens is 3. The zero-order valence-corrected chi connectivity index (χ0v) is 20.1. The van der Waals surface area contributed by atoms with E-state index >= 15 is 0 Å². The predicted molar refractivity (Wildman–Crippen MR) is 136 cm³/mol. The zero-order valence-electron chi connectivity index (χ0n) is 20.1. The fraction of sp³-hybridized carbons (Fsp3) is 0.407. The molecular formula is C27H30N6O2. The van der Waals surface area contributed by atoms with E-state index < -0.39 is 0 Å². The van der Waals surface area contributed by atoms with Crippen LogP contribution in [-0.4, -0.2) is 58.8 Å². The van der Waals surface area contributed by atoms with E-state index in [1.807, 2.05) is 49.3 Å². The summed E-state index contributed by atoms with van der Waals surface area (Å²) in [5, 5.41) is 9.76. The van der Waals surface area contributed by atoms with Gasteiger partial charge >= 0.3 is 0 Å². The third-order valence-corrected chi connectivity index (χ3v) is 7.54. The van der Waals surface area contributed by atoms with Gasteiger partial charge in [-0.3, -0.25) is 9.78 Å². The Morgan fingerprint density at radius 1 is 1.00 bits per heavy atom. The molecule has 1 saturated carbocycles. The molecule has 35 heavy (non-hydrogen) atoms. The summed E-state index contributed by atoms with van der Waals surface area (Å²) in [6.07, 6.45) is 6.16. The largest absolute Gasteiger partial charge is 0.393 e. The molecule has 2 atom stereocenters. The Labute approximate surface area is 205 Å². The first-order chi connectivity index (χ1) is 17.0. The lowest BCUT2D eigenvalue weighted by Crippen LogP contribution is -2.35. The second-order valence-corrected chi connectivity index (χ2v) is 9.67. The number of nitrogens with zero attached hydrogens (tertiary/aromatic N) is 6. The van der Waals surface area contributed by atoms with Crippen molar-refractivity contribution in [3.63, 3.8) is 0 Å². The molecule has 2 aromatic heterocycles. The third-order valence-electron chi connectivity index (χ3n) is 7.54. The molecule has 180 valence electrons. The zero-order chi connectivity index (χ0) is 24.1. The number of rotatable bonds is 4. The number of pyridine rings is 1. The minimum absolute atomic E-state index is 0.0261. The Hall–Kier alpha value is -3.52. The highest BCUT2D eigenvalue weighted by Gasteiger charge is 2.43. The number of piperidine rings is 1. The van der Waals surface area contributed by atoms with Gasteiger partial charge in [0.1, 0.15) is 11.5 Å². The van der Waals surface area contributed by atoms with E-state index in [-0.39, 0.29) is 17.9 Å².